The quantitative estimate of drug-likeness (QED) is 0.299. The summed E-state index contributed by atoms with van der Waals surface area (Å²) in [5.41, 5.74) is 0.422. The summed E-state index contributed by atoms with van der Waals surface area (Å²) in [7, 11) is 0. The van der Waals surface area contributed by atoms with Crippen molar-refractivity contribution < 1.29 is 0 Å². The molecule has 4 rings (SSSR count). The number of rotatable bonds is 0. The van der Waals surface area contributed by atoms with Crippen molar-refractivity contribution >= 4 is 65.0 Å². The number of hydrogen-bond donors (Lipinski definition) is 0. The van der Waals surface area contributed by atoms with Crippen LogP contribution in [0.3, 0.4) is 0 Å². The van der Waals surface area contributed by atoms with E-state index in [1.54, 1.807) is 0 Å². The highest BCUT2D eigenvalue weighted by molar-refractivity contribution is 7.28. The average molecular weight is 359 g/mol. The van der Waals surface area contributed by atoms with E-state index in [2.05, 4.69) is 64.4 Å². The van der Waals surface area contributed by atoms with Gasteiger partial charge in [0.1, 0.15) is 0 Å². The maximum absolute atomic E-state index is 2.44. The van der Waals surface area contributed by atoms with Crippen LogP contribution in [-0.4, -0.2) is 0 Å². The Bertz CT molecular complexity index is 944. The SMILES string of the molecule is CC(C)(C)c1cc2c3cscc3c3cc(C(C)(C)C)sc3c2s1. The zero-order valence-corrected chi connectivity index (χ0v) is 17.0. The third kappa shape index (κ3) is 2.36. The Morgan fingerprint density at radius 3 is 1.35 bits per heavy atom. The van der Waals surface area contributed by atoms with Gasteiger partial charge in [0, 0.05) is 31.3 Å². The predicted molar refractivity (Wildman–Crippen MR) is 110 cm³/mol. The minimum atomic E-state index is 0.211. The van der Waals surface area contributed by atoms with Crippen molar-refractivity contribution in [3.05, 3.63) is 32.6 Å². The van der Waals surface area contributed by atoms with Gasteiger partial charge in [-0.1, -0.05) is 41.5 Å². The molecule has 0 nitrogen and oxygen atoms in total. The Hall–Kier alpha value is -0.900. The standard InChI is InChI=1S/C20H22S3/c1-19(2,3)15-7-11-13-9-21-10-14(13)12-8-16(20(4,5)6)23-18(12)17(11)22-15/h7-10H,1-6H3. The molecule has 0 spiro atoms. The molecule has 0 unspecified atom stereocenters. The maximum atomic E-state index is 2.44. The molecule has 0 amide bonds. The van der Waals surface area contributed by atoms with Crippen LogP contribution in [0.2, 0.25) is 0 Å². The Morgan fingerprint density at radius 2 is 1.00 bits per heavy atom. The fraction of sp³-hybridized carbons (Fsp3) is 0.400. The summed E-state index contributed by atoms with van der Waals surface area (Å²) in [6.07, 6.45) is 0. The summed E-state index contributed by atoms with van der Waals surface area (Å²) >= 11 is 5.81. The lowest BCUT2D eigenvalue weighted by molar-refractivity contribution is 0.604. The first-order chi connectivity index (χ1) is 10.7. The molecule has 0 aliphatic rings. The van der Waals surface area contributed by atoms with Gasteiger partial charge in [-0.15, -0.1) is 22.7 Å². The first-order valence-electron chi connectivity index (χ1n) is 8.02. The minimum Gasteiger partial charge on any atom is -0.151 e. The molecule has 0 saturated carbocycles. The molecule has 0 radical (unpaired) electrons. The summed E-state index contributed by atoms with van der Waals surface area (Å²) in [5.74, 6) is 0. The topological polar surface area (TPSA) is 0 Å². The van der Waals surface area contributed by atoms with Crippen molar-refractivity contribution in [3.8, 4) is 0 Å². The normalized spacial score (nSPS) is 13.7. The van der Waals surface area contributed by atoms with Crippen LogP contribution < -0.4 is 0 Å². The summed E-state index contributed by atoms with van der Waals surface area (Å²) in [6, 6.07) is 4.87. The molecule has 3 heteroatoms. The summed E-state index contributed by atoms with van der Waals surface area (Å²) < 4.78 is 2.97. The first kappa shape index (κ1) is 15.6. The zero-order valence-electron chi connectivity index (χ0n) is 14.5. The molecular weight excluding hydrogens is 336 g/mol. The summed E-state index contributed by atoms with van der Waals surface area (Å²) in [6.45, 7) is 13.9. The highest BCUT2D eigenvalue weighted by atomic mass is 32.1. The summed E-state index contributed by atoms with van der Waals surface area (Å²) in [4.78, 5) is 2.97. The predicted octanol–water partition coefficient (Wildman–Crippen LogP) is 7.93. The number of hydrogen-bond acceptors (Lipinski definition) is 3. The smallest absolute Gasteiger partial charge is 0.0531 e. The van der Waals surface area contributed by atoms with E-state index >= 15 is 0 Å². The van der Waals surface area contributed by atoms with Gasteiger partial charge in [0.25, 0.3) is 0 Å². The fourth-order valence-corrected chi connectivity index (χ4v) is 6.44. The molecular formula is C20H22S3. The van der Waals surface area contributed by atoms with E-state index in [4.69, 9.17) is 0 Å². The van der Waals surface area contributed by atoms with E-state index in [9.17, 15) is 0 Å². The highest BCUT2D eigenvalue weighted by Crippen LogP contribution is 2.47. The second kappa shape index (κ2) is 4.81. The van der Waals surface area contributed by atoms with Crippen molar-refractivity contribution in [2.45, 2.75) is 52.4 Å². The van der Waals surface area contributed by atoms with Gasteiger partial charge >= 0.3 is 0 Å². The van der Waals surface area contributed by atoms with Gasteiger partial charge in [-0.25, -0.2) is 0 Å². The molecule has 0 saturated heterocycles. The molecule has 0 aliphatic heterocycles. The molecule has 3 aromatic heterocycles. The molecule has 0 aliphatic carbocycles. The van der Waals surface area contributed by atoms with E-state index < -0.39 is 0 Å². The largest absolute Gasteiger partial charge is 0.151 e. The molecule has 0 N–H and O–H groups in total. The van der Waals surface area contributed by atoms with Gasteiger partial charge in [-0.05, 0) is 33.7 Å². The minimum absolute atomic E-state index is 0.211. The van der Waals surface area contributed by atoms with E-state index in [1.807, 2.05) is 34.0 Å². The third-order valence-electron chi connectivity index (χ3n) is 4.39. The van der Waals surface area contributed by atoms with Gasteiger partial charge in [0.05, 0.1) is 9.40 Å². The van der Waals surface area contributed by atoms with Crippen molar-refractivity contribution in [3.63, 3.8) is 0 Å². The van der Waals surface area contributed by atoms with Gasteiger partial charge in [-0.3, -0.25) is 0 Å². The average Bonchev–Trinajstić information content (AvgIpc) is 3.13. The Balaban J connectivity index is 2.19. The van der Waals surface area contributed by atoms with E-state index in [0.29, 0.717) is 0 Å². The van der Waals surface area contributed by atoms with Crippen LogP contribution >= 0.6 is 34.0 Å². The lowest BCUT2D eigenvalue weighted by Crippen LogP contribution is -2.07. The molecule has 0 bridgehead atoms. The number of fused-ring (bicyclic) bond motifs is 6. The van der Waals surface area contributed by atoms with Crippen LogP contribution in [0.4, 0.5) is 0 Å². The molecule has 23 heavy (non-hydrogen) atoms. The van der Waals surface area contributed by atoms with Gasteiger partial charge < -0.3 is 0 Å². The number of thiophene rings is 3. The molecule has 4 aromatic rings. The van der Waals surface area contributed by atoms with Gasteiger partial charge in [0.15, 0.2) is 0 Å². The van der Waals surface area contributed by atoms with Gasteiger partial charge in [-0.2, -0.15) is 11.3 Å². The van der Waals surface area contributed by atoms with Crippen LogP contribution in [0.1, 0.15) is 51.3 Å². The molecule has 0 atom stereocenters. The molecule has 120 valence electrons. The Kier molecular flexibility index (Phi) is 3.27. The third-order valence-corrected chi connectivity index (χ3v) is 8.42. The van der Waals surface area contributed by atoms with Crippen LogP contribution in [0, 0.1) is 0 Å². The maximum Gasteiger partial charge on any atom is 0.0531 e. The van der Waals surface area contributed by atoms with Crippen molar-refractivity contribution in [1.82, 2.24) is 0 Å². The van der Waals surface area contributed by atoms with Crippen LogP contribution in [0.5, 0.6) is 0 Å². The van der Waals surface area contributed by atoms with Crippen molar-refractivity contribution in [1.29, 1.82) is 0 Å². The highest BCUT2D eigenvalue weighted by Gasteiger charge is 2.23. The van der Waals surface area contributed by atoms with Crippen molar-refractivity contribution in [2.75, 3.05) is 0 Å². The Morgan fingerprint density at radius 1 is 0.609 bits per heavy atom. The lowest BCUT2D eigenvalue weighted by atomic mass is 9.93. The lowest BCUT2D eigenvalue weighted by Gasteiger charge is -2.15. The van der Waals surface area contributed by atoms with Crippen LogP contribution in [0.25, 0.3) is 30.9 Å². The van der Waals surface area contributed by atoms with Gasteiger partial charge in [0.2, 0.25) is 0 Å². The number of benzene rings is 1. The monoisotopic (exact) mass is 358 g/mol. The van der Waals surface area contributed by atoms with E-state index in [1.165, 1.54) is 40.7 Å². The zero-order chi connectivity index (χ0) is 16.6. The fourth-order valence-electron chi connectivity index (χ4n) is 2.97. The second-order valence-electron chi connectivity index (χ2n) is 8.41. The molecule has 3 heterocycles. The van der Waals surface area contributed by atoms with Crippen LogP contribution in [-0.2, 0) is 10.8 Å². The molecule has 0 fully saturated rings. The summed E-state index contributed by atoms with van der Waals surface area (Å²) in [5, 5.41) is 10.4. The first-order valence-corrected chi connectivity index (χ1v) is 10.6. The Labute approximate surface area is 149 Å². The van der Waals surface area contributed by atoms with Crippen LogP contribution in [0.15, 0.2) is 22.9 Å². The molecule has 1 aromatic carbocycles. The second-order valence-corrected chi connectivity index (χ2v) is 11.3. The van der Waals surface area contributed by atoms with E-state index in [0.717, 1.165) is 0 Å². The van der Waals surface area contributed by atoms with E-state index in [-0.39, 0.29) is 10.8 Å². The van der Waals surface area contributed by atoms with Crippen molar-refractivity contribution in [2.24, 2.45) is 0 Å².